The highest BCUT2D eigenvalue weighted by Gasteiger charge is 2.22. The van der Waals surface area contributed by atoms with Gasteiger partial charge in [-0.25, -0.2) is 4.68 Å². The van der Waals surface area contributed by atoms with Crippen LogP contribution in [0.5, 0.6) is 0 Å². The fourth-order valence-corrected chi connectivity index (χ4v) is 2.73. The van der Waals surface area contributed by atoms with Crippen molar-refractivity contribution in [1.29, 1.82) is 0 Å². The highest BCUT2D eigenvalue weighted by molar-refractivity contribution is 5.84. The predicted octanol–water partition coefficient (Wildman–Crippen LogP) is 1.57. The molecule has 0 spiro atoms. The smallest absolute Gasteiger partial charge is 0.142 e. The van der Waals surface area contributed by atoms with Gasteiger partial charge in [0, 0.05) is 5.92 Å². The van der Waals surface area contributed by atoms with Crippen LogP contribution in [0.15, 0.2) is 36.5 Å². The number of anilines is 1. The van der Waals surface area contributed by atoms with E-state index in [1.165, 1.54) is 0 Å². The Balaban J connectivity index is 1.74. The highest BCUT2D eigenvalue weighted by Crippen LogP contribution is 2.19. The van der Waals surface area contributed by atoms with Gasteiger partial charge < -0.3 is 11.1 Å². The number of hydrogen-bond acceptors (Lipinski definition) is 4. The molecule has 1 saturated heterocycles. The molecule has 0 amide bonds. The Hall–Kier alpha value is -2.14. The maximum Gasteiger partial charge on any atom is 0.142 e. The van der Waals surface area contributed by atoms with Gasteiger partial charge in [-0.1, -0.05) is 18.2 Å². The number of carbonyl (C=O) groups excluding carboxylic acids is 1. The van der Waals surface area contributed by atoms with Gasteiger partial charge >= 0.3 is 0 Å². The number of nitrogens with two attached hydrogens (primary N) is 1. The molecule has 3 N–H and O–H groups in total. The first kappa shape index (κ1) is 13.8. The topological polar surface area (TPSA) is 72.9 Å². The second-order valence-electron chi connectivity index (χ2n) is 5.48. The van der Waals surface area contributed by atoms with Gasteiger partial charge in [-0.15, -0.1) is 0 Å². The van der Waals surface area contributed by atoms with E-state index in [1.54, 1.807) is 10.9 Å². The molecular formula is C16H20N4O. The minimum atomic E-state index is 0.146. The molecule has 110 valence electrons. The van der Waals surface area contributed by atoms with Gasteiger partial charge in [-0.3, -0.25) is 4.79 Å². The molecule has 0 saturated carbocycles. The Morgan fingerprint density at radius 1 is 1.29 bits per heavy atom. The van der Waals surface area contributed by atoms with Gasteiger partial charge in [0.15, 0.2) is 0 Å². The van der Waals surface area contributed by atoms with Crippen molar-refractivity contribution in [3.63, 3.8) is 0 Å². The third-order valence-corrected chi connectivity index (χ3v) is 3.98. The Morgan fingerprint density at radius 2 is 2.00 bits per heavy atom. The number of Topliss-reactive ketones (excluding diaryl/α,β-unsaturated/α-hetero) is 1. The number of rotatable bonds is 4. The Morgan fingerprint density at radius 3 is 2.71 bits per heavy atom. The second kappa shape index (κ2) is 6.10. The molecule has 0 atom stereocenters. The average Bonchev–Trinajstić information content (AvgIpc) is 2.90. The van der Waals surface area contributed by atoms with Crippen LogP contribution in [-0.4, -0.2) is 28.7 Å². The first-order valence-electron chi connectivity index (χ1n) is 7.37. The lowest BCUT2D eigenvalue weighted by molar-refractivity contribution is -0.123. The van der Waals surface area contributed by atoms with Crippen molar-refractivity contribution < 1.29 is 4.79 Å². The minimum absolute atomic E-state index is 0.146. The van der Waals surface area contributed by atoms with Crippen molar-refractivity contribution in [3.05, 3.63) is 42.2 Å². The van der Waals surface area contributed by atoms with Crippen LogP contribution < -0.4 is 11.1 Å². The normalized spacial score (nSPS) is 16.0. The lowest BCUT2D eigenvalue weighted by Crippen LogP contribution is -2.32. The quantitative estimate of drug-likeness (QED) is 0.894. The summed E-state index contributed by atoms with van der Waals surface area (Å²) < 4.78 is 1.74. The Bertz CT molecular complexity index is 614. The Kier molecular flexibility index (Phi) is 4.01. The van der Waals surface area contributed by atoms with Crippen molar-refractivity contribution in [2.45, 2.75) is 19.3 Å². The van der Waals surface area contributed by atoms with E-state index in [4.69, 9.17) is 5.73 Å². The monoisotopic (exact) mass is 284 g/mol. The van der Waals surface area contributed by atoms with Gasteiger partial charge in [0.05, 0.1) is 29.7 Å². The van der Waals surface area contributed by atoms with E-state index in [2.05, 4.69) is 10.4 Å². The molecule has 2 aromatic rings. The molecule has 5 heteroatoms. The second-order valence-corrected chi connectivity index (χ2v) is 5.48. The largest absolute Gasteiger partial charge is 0.396 e. The molecule has 2 heterocycles. The van der Waals surface area contributed by atoms with E-state index in [-0.39, 0.29) is 11.7 Å². The summed E-state index contributed by atoms with van der Waals surface area (Å²) in [5, 5.41) is 7.74. The van der Waals surface area contributed by atoms with Crippen molar-refractivity contribution in [3.8, 4) is 5.69 Å². The lowest BCUT2D eigenvalue weighted by Gasteiger charge is -2.20. The summed E-state index contributed by atoms with van der Waals surface area (Å²) in [7, 11) is 0. The van der Waals surface area contributed by atoms with E-state index in [9.17, 15) is 4.79 Å². The first-order chi connectivity index (χ1) is 10.2. The molecule has 3 rings (SSSR count). The molecule has 1 aromatic heterocycles. The third kappa shape index (κ3) is 3.13. The van der Waals surface area contributed by atoms with Gasteiger partial charge in [0.1, 0.15) is 5.78 Å². The number of carbonyl (C=O) groups is 1. The van der Waals surface area contributed by atoms with Crippen LogP contribution in [0, 0.1) is 5.92 Å². The molecule has 1 aromatic carbocycles. The van der Waals surface area contributed by atoms with Crippen LogP contribution in [0.4, 0.5) is 5.69 Å². The maximum absolute atomic E-state index is 12.3. The van der Waals surface area contributed by atoms with E-state index in [1.807, 2.05) is 30.3 Å². The zero-order valence-electron chi connectivity index (χ0n) is 12.0. The number of piperidine rings is 1. The average molecular weight is 284 g/mol. The van der Waals surface area contributed by atoms with Crippen LogP contribution >= 0.6 is 0 Å². The molecule has 5 nitrogen and oxygen atoms in total. The first-order valence-corrected chi connectivity index (χ1v) is 7.37. The number of benzene rings is 1. The summed E-state index contributed by atoms with van der Waals surface area (Å²) in [5.74, 6) is 0.397. The summed E-state index contributed by atoms with van der Waals surface area (Å²) in [4.78, 5) is 12.3. The molecule has 0 bridgehead atoms. The van der Waals surface area contributed by atoms with Gasteiger partial charge in [-0.2, -0.15) is 5.10 Å². The summed E-state index contributed by atoms with van der Waals surface area (Å²) in [6.45, 7) is 1.84. The number of nitrogens with zero attached hydrogens (tertiary/aromatic N) is 2. The lowest BCUT2D eigenvalue weighted by atomic mass is 9.91. The summed E-state index contributed by atoms with van der Waals surface area (Å²) in [6, 6.07) is 9.79. The Labute approximate surface area is 124 Å². The fourth-order valence-electron chi connectivity index (χ4n) is 2.73. The van der Waals surface area contributed by atoms with Crippen LogP contribution in [0.1, 0.15) is 18.5 Å². The molecule has 1 fully saturated rings. The fraction of sp³-hybridized carbons (Fsp3) is 0.375. The van der Waals surface area contributed by atoms with Gasteiger partial charge in [-0.05, 0) is 38.1 Å². The standard InChI is InChI=1S/C16H20N4O/c17-14-11-20(13-4-2-1-3-5-13)19-15(14)10-16(21)12-6-8-18-9-7-12/h1-5,11-12,18H,6-10,17H2. The molecule has 0 unspecified atom stereocenters. The van der Waals surface area contributed by atoms with E-state index in [0.717, 1.165) is 31.6 Å². The van der Waals surface area contributed by atoms with Gasteiger partial charge in [0.25, 0.3) is 0 Å². The molecule has 1 aliphatic rings. The molecule has 0 radical (unpaired) electrons. The minimum Gasteiger partial charge on any atom is -0.396 e. The van der Waals surface area contributed by atoms with Crippen molar-refractivity contribution in [2.24, 2.45) is 5.92 Å². The van der Waals surface area contributed by atoms with Gasteiger partial charge in [0.2, 0.25) is 0 Å². The number of ketones is 1. The van der Waals surface area contributed by atoms with Crippen molar-refractivity contribution in [2.75, 3.05) is 18.8 Å². The van der Waals surface area contributed by atoms with Crippen LogP contribution in [0.2, 0.25) is 0 Å². The van der Waals surface area contributed by atoms with E-state index < -0.39 is 0 Å². The predicted molar refractivity (Wildman–Crippen MR) is 82.3 cm³/mol. The number of nitrogen functional groups attached to an aromatic ring is 1. The highest BCUT2D eigenvalue weighted by atomic mass is 16.1. The summed E-state index contributed by atoms with van der Waals surface area (Å²) >= 11 is 0. The number of hydrogen-bond donors (Lipinski definition) is 2. The van der Waals surface area contributed by atoms with Crippen molar-refractivity contribution >= 4 is 11.5 Å². The SMILES string of the molecule is Nc1cn(-c2ccccc2)nc1CC(=O)C1CCNCC1. The van der Waals surface area contributed by atoms with Crippen LogP contribution in [-0.2, 0) is 11.2 Å². The summed E-state index contributed by atoms with van der Waals surface area (Å²) in [5.41, 5.74) is 8.22. The number of para-hydroxylation sites is 1. The molecule has 21 heavy (non-hydrogen) atoms. The van der Waals surface area contributed by atoms with E-state index in [0.29, 0.717) is 17.8 Å². The third-order valence-electron chi connectivity index (χ3n) is 3.98. The molecule has 1 aliphatic heterocycles. The maximum atomic E-state index is 12.3. The van der Waals surface area contributed by atoms with Crippen LogP contribution in [0.25, 0.3) is 5.69 Å². The van der Waals surface area contributed by atoms with E-state index >= 15 is 0 Å². The zero-order valence-corrected chi connectivity index (χ0v) is 12.0. The van der Waals surface area contributed by atoms with Crippen molar-refractivity contribution in [1.82, 2.24) is 15.1 Å². The molecule has 0 aliphatic carbocycles. The zero-order chi connectivity index (χ0) is 14.7. The van der Waals surface area contributed by atoms with Crippen LogP contribution in [0.3, 0.4) is 0 Å². The summed E-state index contributed by atoms with van der Waals surface area (Å²) in [6.07, 6.45) is 3.94. The number of nitrogens with one attached hydrogen (secondary N) is 1. The number of aromatic nitrogens is 2. The molecular weight excluding hydrogens is 264 g/mol.